The molecule has 1 atom stereocenters. The first-order valence-electron chi connectivity index (χ1n) is 11.2. The minimum atomic E-state index is -4.31. The van der Waals surface area contributed by atoms with E-state index in [-0.39, 0.29) is 18.4 Å². The van der Waals surface area contributed by atoms with E-state index in [2.05, 4.69) is 4.98 Å². The van der Waals surface area contributed by atoms with Crippen molar-refractivity contribution in [2.75, 3.05) is 36.5 Å². The van der Waals surface area contributed by atoms with Gasteiger partial charge in [0, 0.05) is 37.2 Å². The lowest BCUT2D eigenvalue weighted by atomic mass is 10.1. The Morgan fingerprint density at radius 1 is 1.31 bits per heavy atom. The number of anilines is 2. The summed E-state index contributed by atoms with van der Waals surface area (Å²) in [6.45, 7) is 2.37. The molecule has 1 saturated heterocycles. The summed E-state index contributed by atoms with van der Waals surface area (Å²) in [6, 6.07) is 9.34. The predicted octanol–water partition coefficient (Wildman–Crippen LogP) is 4.18. The van der Waals surface area contributed by atoms with Crippen molar-refractivity contribution < 1.29 is 27.4 Å². The molecule has 1 N–H and O–H groups in total. The van der Waals surface area contributed by atoms with Crippen molar-refractivity contribution in [3.8, 4) is 5.75 Å². The van der Waals surface area contributed by atoms with Crippen molar-refractivity contribution in [1.82, 2.24) is 9.88 Å². The number of carboxylic acid groups (broad SMARTS) is 1. The molecule has 9 nitrogen and oxygen atoms in total. The number of rotatable bonds is 8. The van der Waals surface area contributed by atoms with E-state index in [0.717, 1.165) is 4.31 Å². The van der Waals surface area contributed by atoms with Crippen LogP contribution in [0.2, 0.25) is 0 Å². The molecule has 0 spiro atoms. The fourth-order valence-electron chi connectivity index (χ4n) is 4.28. The van der Waals surface area contributed by atoms with Gasteiger partial charge in [-0.05, 0) is 48.7 Å². The number of sulfonamides is 1. The first-order chi connectivity index (χ1) is 17.1. The zero-order chi connectivity index (χ0) is 26.0. The van der Waals surface area contributed by atoms with Crippen LogP contribution in [0.25, 0.3) is 0 Å². The van der Waals surface area contributed by atoms with E-state index in [1.165, 1.54) is 33.9 Å². The smallest absolute Gasteiger partial charge is 0.407 e. The summed E-state index contributed by atoms with van der Waals surface area (Å²) in [4.78, 5) is 18.1. The number of methoxy groups -OCH3 is 1. The van der Waals surface area contributed by atoms with Gasteiger partial charge < -0.3 is 19.6 Å². The van der Waals surface area contributed by atoms with Gasteiger partial charge in [0.25, 0.3) is 10.0 Å². The molecule has 192 valence electrons. The largest absolute Gasteiger partial charge is 0.497 e. The highest BCUT2D eigenvalue weighted by Crippen LogP contribution is 2.33. The molecule has 1 fully saturated rings. The van der Waals surface area contributed by atoms with Crippen LogP contribution in [0.3, 0.4) is 0 Å². The van der Waals surface area contributed by atoms with Crippen LogP contribution in [-0.4, -0.2) is 62.8 Å². The van der Waals surface area contributed by atoms with Gasteiger partial charge in [0.1, 0.15) is 16.5 Å². The predicted molar refractivity (Wildman–Crippen MR) is 136 cm³/mol. The molecule has 2 aromatic carbocycles. The maximum atomic E-state index is 15.4. The number of thiazole rings is 1. The number of hydrogen-bond donors (Lipinski definition) is 1. The number of carbonyl (C=O) groups is 1. The highest BCUT2D eigenvalue weighted by atomic mass is 32.2. The summed E-state index contributed by atoms with van der Waals surface area (Å²) in [6.07, 6.45) is -0.391. The molecule has 1 aliphatic rings. The summed E-state index contributed by atoms with van der Waals surface area (Å²) in [7, 11) is -1.00. The molecule has 0 bridgehead atoms. The molecule has 1 amide bonds. The Labute approximate surface area is 213 Å². The van der Waals surface area contributed by atoms with E-state index < -0.39 is 26.8 Å². The second-order valence-electron chi connectivity index (χ2n) is 8.56. The van der Waals surface area contributed by atoms with Crippen molar-refractivity contribution in [2.45, 2.75) is 30.8 Å². The third-order valence-electron chi connectivity index (χ3n) is 6.34. The quantitative estimate of drug-likeness (QED) is 0.462. The SMILES string of the molecule is COc1ccc(CN(c2cscn2)S(=O)(=O)c2cc(C)c(N(C)C3CCN(C(=O)O)C3)cc2F)cc1. The Bertz CT molecular complexity index is 1330. The summed E-state index contributed by atoms with van der Waals surface area (Å²) in [5, 5.41) is 10.8. The number of aromatic nitrogens is 1. The number of likely N-dealkylation sites (N-methyl/N-ethyl adjacent to an activating group) is 1. The van der Waals surface area contributed by atoms with Crippen LogP contribution in [0.15, 0.2) is 52.2 Å². The molecule has 36 heavy (non-hydrogen) atoms. The van der Waals surface area contributed by atoms with Crippen LogP contribution >= 0.6 is 11.3 Å². The lowest BCUT2D eigenvalue weighted by Crippen LogP contribution is -2.36. The van der Waals surface area contributed by atoms with Gasteiger partial charge in [0.2, 0.25) is 0 Å². The lowest BCUT2D eigenvalue weighted by Gasteiger charge is -2.29. The van der Waals surface area contributed by atoms with Gasteiger partial charge in [-0.25, -0.2) is 26.9 Å². The zero-order valence-electron chi connectivity index (χ0n) is 20.1. The number of benzene rings is 2. The van der Waals surface area contributed by atoms with Crippen molar-refractivity contribution in [3.63, 3.8) is 0 Å². The number of aryl methyl sites for hydroxylation is 1. The molecule has 12 heteroatoms. The minimum Gasteiger partial charge on any atom is -0.497 e. The molecule has 0 radical (unpaired) electrons. The third-order valence-corrected chi connectivity index (χ3v) is 8.68. The normalized spacial score (nSPS) is 15.7. The highest BCUT2D eigenvalue weighted by molar-refractivity contribution is 7.92. The van der Waals surface area contributed by atoms with Gasteiger partial charge >= 0.3 is 6.09 Å². The molecule has 2 heterocycles. The Morgan fingerprint density at radius 3 is 2.61 bits per heavy atom. The molecule has 0 saturated carbocycles. The fourth-order valence-corrected chi connectivity index (χ4v) is 6.42. The van der Waals surface area contributed by atoms with Crippen LogP contribution in [0.4, 0.5) is 20.7 Å². The highest BCUT2D eigenvalue weighted by Gasteiger charge is 2.33. The van der Waals surface area contributed by atoms with E-state index >= 15 is 4.39 Å². The van der Waals surface area contributed by atoms with Gasteiger partial charge in [-0.1, -0.05) is 12.1 Å². The minimum absolute atomic E-state index is 0.0384. The Morgan fingerprint density at radius 2 is 2.03 bits per heavy atom. The molecular formula is C24H27FN4O5S2. The Kier molecular flexibility index (Phi) is 7.36. The monoisotopic (exact) mass is 534 g/mol. The first kappa shape index (κ1) is 25.7. The van der Waals surface area contributed by atoms with E-state index in [1.807, 2.05) is 4.90 Å². The lowest BCUT2D eigenvalue weighted by molar-refractivity contribution is 0.155. The van der Waals surface area contributed by atoms with Gasteiger partial charge in [0.15, 0.2) is 5.82 Å². The Balaban J connectivity index is 1.66. The van der Waals surface area contributed by atoms with Crippen LogP contribution in [0.1, 0.15) is 17.5 Å². The van der Waals surface area contributed by atoms with Crippen molar-refractivity contribution >= 4 is 39.0 Å². The van der Waals surface area contributed by atoms with Crippen LogP contribution in [0.5, 0.6) is 5.75 Å². The maximum absolute atomic E-state index is 15.4. The number of likely N-dealkylation sites (tertiary alicyclic amines) is 1. The number of halogens is 1. The third kappa shape index (κ3) is 5.09. The summed E-state index contributed by atoms with van der Waals surface area (Å²) < 4.78 is 49.2. The van der Waals surface area contributed by atoms with E-state index in [9.17, 15) is 18.3 Å². The number of ether oxygens (including phenoxy) is 1. The fraction of sp³-hybridized carbons (Fsp3) is 0.333. The average molecular weight is 535 g/mol. The van der Waals surface area contributed by atoms with E-state index in [4.69, 9.17) is 4.74 Å². The second-order valence-corrected chi connectivity index (χ2v) is 11.1. The van der Waals surface area contributed by atoms with E-state index in [0.29, 0.717) is 42.1 Å². The molecule has 3 aromatic rings. The van der Waals surface area contributed by atoms with Gasteiger partial charge in [0.05, 0.1) is 19.2 Å². The van der Waals surface area contributed by atoms with Crippen molar-refractivity contribution in [3.05, 3.63) is 64.2 Å². The van der Waals surface area contributed by atoms with Crippen LogP contribution in [0, 0.1) is 12.7 Å². The number of hydrogen-bond acceptors (Lipinski definition) is 7. The molecule has 0 aliphatic carbocycles. The van der Waals surface area contributed by atoms with Gasteiger partial charge in [-0.3, -0.25) is 0 Å². The average Bonchev–Trinajstić information content (AvgIpc) is 3.56. The van der Waals surface area contributed by atoms with E-state index in [1.54, 1.807) is 50.7 Å². The first-order valence-corrected chi connectivity index (χ1v) is 13.5. The maximum Gasteiger partial charge on any atom is 0.407 e. The molecule has 1 aliphatic heterocycles. The molecule has 4 rings (SSSR count). The number of amides is 1. The number of nitrogens with zero attached hydrogens (tertiary/aromatic N) is 4. The standard InChI is InChI=1S/C24H27FN4O5S2/c1-16-10-22(20(25)11-21(16)27(2)18-8-9-28(13-18)24(30)31)36(32,33)29(23-14-35-15-26-23)12-17-4-6-19(34-3)7-5-17/h4-7,10-11,14-15,18H,8-9,12-13H2,1-3H3,(H,30,31). The molecule has 1 aromatic heterocycles. The van der Waals surface area contributed by atoms with Crippen molar-refractivity contribution in [1.29, 1.82) is 0 Å². The molecular weight excluding hydrogens is 507 g/mol. The van der Waals surface area contributed by atoms with Gasteiger partial charge in [-0.2, -0.15) is 0 Å². The van der Waals surface area contributed by atoms with Crippen LogP contribution < -0.4 is 13.9 Å². The summed E-state index contributed by atoms with van der Waals surface area (Å²) >= 11 is 1.24. The summed E-state index contributed by atoms with van der Waals surface area (Å²) in [5.74, 6) is -0.0452. The second kappa shape index (κ2) is 10.3. The summed E-state index contributed by atoms with van der Waals surface area (Å²) in [5.41, 5.74) is 3.28. The van der Waals surface area contributed by atoms with Gasteiger partial charge in [-0.15, -0.1) is 11.3 Å². The Hall–Kier alpha value is -3.38. The van der Waals surface area contributed by atoms with Crippen molar-refractivity contribution in [2.24, 2.45) is 0 Å². The topological polar surface area (TPSA) is 103 Å². The molecule has 1 unspecified atom stereocenters. The zero-order valence-corrected chi connectivity index (χ0v) is 21.7. The van der Waals surface area contributed by atoms with Crippen LogP contribution in [-0.2, 0) is 16.6 Å².